The monoisotopic (exact) mass is 243 g/mol. The number of hydrogen-bond acceptors (Lipinski definition) is 1. The number of carbonyl (C=O) groups is 1. The Balaban J connectivity index is 1.97. The maximum absolute atomic E-state index is 12.3. The average Bonchev–Trinajstić information content (AvgIpc) is 2.51. The number of carbonyl (C=O) groups excluding carboxylic acids is 1. The minimum Gasteiger partial charge on any atom is -0.349 e. The molecule has 0 saturated heterocycles. The van der Waals surface area contributed by atoms with Gasteiger partial charge in [0.2, 0.25) is 5.91 Å². The summed E-state index contributed by atoms with van der Waals surface area (Å²) in [7, 11) is 0. The van der Waals surface area contributed by atoms with Gasteiger partial charge < -0.3 is 5.32 Å². The largest absolute Gasteiger partial charge is 0.349 e. The summed E-state index contributed by atoms with van der Waals surface area (Å²) in [6, 6.07) is 0. The molecule has 2 saturated carbocycles. The van der Waals surface area contributed by atoms with Gasteiger partial charge in [-0.2, -0.15) is 0 Å². The summed E-state index contributed by atoms with van der Waals surface area (Å²) in [4.78, 5) is 12.3. The lowest BCUT2D eigenvalue weighted by molar-refractivity contribution is -0.130. The van der Waals surface area contributed by atoms with Crippen molar-refractivity contribution in [1.29, 1.82) is 0 Å². The van der Waals surface area contributed by atoms with Crippen molar-refractivity contribution in [1.82, 2.24) is 5.32 Å². The Morgan fingerprint density at radius 1 is 1.31 bits per heavy atom. The zero-order chi connectivity index (χ0) is 11.8. The Morgan fingerprint density at radius 3 is 2.38 bits per heavy atom. The molecule has 0 bridgehead atoms. The van der Waals surface area contributed by atoms with Gasteiger partial charge in [0, 0.05) is 11.8 Å². The number of amides is 1. The molecule has 0 aromatic rings. The summed E-state index contributed by atoms with van der Waals surface area (Å²) in [5, 5.41) is 3.21. The highest BCUT2D eigenvalue weighted by molar-refractivity contribution is 6.18. The lowest BCUT2D eigenvalue weighted by Crippen LogP contribution is -2.57. The molecular weight excluding hydrogens is 222 g/mol. The van der Waals surface area contributed by atoms with Gasteiger partial charge in [-0.05, 0) is 37.5 Å². The number of hydrogen-bond donors (Lipinski definition) is 1. The van der Waals surface area contributed by atoms with Crippen LogP contribution in [0.2, 0.25) is 0 Å². The van der Waals surface area contributed by atoms with Gasteiger partial charge in [-0.25, -0.2) is 0 Å². The lowest BCUT2D eigenvalue weighted by Gasteiger charge is -2.42. The number of nitrogens with one attached hydrogen (secondary N) is 1. The van der Waals surface area contributed by atoms with Crippen LogP contribution in [-0.2, 0) is 4.79 Å². The van der Waals surface area contributed by atoms with Gasteiger partial charge in [-0.1, -0.05) is 20.3 Å². The molecule has 0 spiro atoms. The van der Waals surface area contributed by atoms with Crippen molar-refractivity contribution < 1.29 is 4.79 Å². The van der Waals surface area contributed by atoms with Crippen LogP contribution in [0.15, 0.2) is 0 Å². The molecule has 92 valence electrons. The molecule has 0 heterocycles. The third-order valence-corrected chi connectivity index (χ3v) is 5.04. The molecule has 16 heavy (non-hydrogen) atoms. The number of rotatable bonds is 3. The van der Waals surface area contributed by atoms with E-state index in [1.165, 1.54) is 19.3 Å². The molecule has 0 aromatic carbocycles. The summed E-state index contributed by atoms with van der Waals surface area (Å²) in [6.45, 7) is 4.41. The van der Waals surface area contributed by atoms with Crippen LogP contribution in [0.5, 0.6) is 0 Å². The predicted octanol–water partition coefficient (Wildman–Crippen LogP) is 3.09. The van der Waals surface area contributed by atoms with Gasteiger partial charge in [-0.3, -0.25) is 4.79 Å². The quantitative estimate of drug-likeness (QED) is 0.759. The SMILES string of the molecule is CC1(C)CCCC1C(=O)NC1(CCl)CCC1. The second-order valence-electron chi connectivity index (χ2n) is 6.19. The maximum Gasteiger partial charge on any atom is 0.224 e. The summed E-state index contributed by atoms with van der Waals surface area (Å²) >= 11 is 5.97. The molecule has 2 aliphatic rings. The van der Waals surface area contributed by atoms with Gasteiger partial charge in [-0.15, -0.1) is 11.6 Å². The third-order valence-electron chi connectivity index (χ3n) is 4.53. The third kappa shape index (κ3) is 2.09. The smallest absolute Gasteiger partial charge is 0.224 e. The summed E-state index contributed by atoms with van der Waals surface area (Å²) in [5.41, 5.74) is 0.0959. The molecule has 1 N–H and O–H groups in total. The minimum absolute atomic E-state index is 0.0721. The second-order valence-corrected chi connectivity index (χ2v) is 6.46. The first kappa shape index (κ1) is 12.2. The van der Waals surface area contributed by atoms with E-state index >= 15 is 0 Å². The molecule has 0 radical (unpaired) electrons. The summed E-state index contributed by atoms with van der Waals surface area (Å²) < 4.78 is 0. The first-order chi connectivity index (χ1) is 7.49. The Bertz CT molecular complexity index is 278. The first-order valence-corrected chi connectivity index (χ1v) is 6.91. The Kier molecular flexibility index (Phi) is 3.22. The van der Waals surface area contributed by atoms with Gasteiger partial charge in [0.1, 0.15) is 0 Å². The van der Waals surface area contributed by atoms with Gasteiger partial charge in [0.25, 0.3) is 0 Å². The molecule has 0 aromatic heterocycles. The molecule has 0 aliphatic heterocycles. The first-order valence-electron chi connectivity index (χ1n) is 6.37. The van der Waals surface area contributed by atoms with Crippen LogP contribution in [0.1, 0.15) is 52.4 Å². The average molecular weight is 244 g/mol. The summed E-state index contributed by atoms with van der Waals surface area (Å²) in [6.07, 6.45) is 6.68. The molecule has 2 fully saturated rings. The zero-order valence-corrected chi connectivity index (χ0v) is 11.1. The van der Waals surface area contributed by atoms with Crippen molar-refractivity contribution >= 4 is 17.5 Å². The van der Waals surface area contributed by atoms with E-state index in [4.69, 9.17) is 11.6 Å². The zero-order valence-electron chi connectivity index (χ0n) is 10.3. The molecule has 3 heteroatoms. The van der Waals surface area contributed by atoms with Crippen molar-refractivity contribution in [3.63, 3.8) is 0 Å². The van der Waals surface area contributed by atoms with Crippen LogP contribution in [0.25, 0.3) is 0 Å². The van der Waals surface area contributed by atoms with Crippen LogP contribution in [-0.4, -0.2) is 17.3 Å². The van der Waals surface area contributed by atoms with Crippen LogP contribution >= 0.6 is 11.6 Å². The van der Waals surface area contributed by atoms with Gasteiger partial charge >= 0.3 is 0 Å². The van der Waals surface area contributed by atoms with E-state index < -0.39 is 0 Å². The second kappa shape index (κ2) is 4.21. The van der Waals surface area contributed by atoms with Gasteiger partial charge in [0.15, 0.2) is 0 Å². The fraction of sp³-hybridized carbons (Fsp3) is 0.923. The van der Waals surface area contributed by atoms with Crippen LogP contribution in [0.3, 0.4) is 0 Å². The van der Waals surface area contributed by atoms with Crippen LogP contribution < -0.4 is 5.32 Å². The highest BCUT2D eigenvalue weighted by Crippen LogP contribution is 2.43. The van der Waals surface area contributed by atoms with Crippen LogP contribution in [0.4, 0.5) is 0 Å². The lowest BCUT2D eigenvalue weighted by atomic mass is 9.76. The van der Waals surface area contributed by atoms with Crippen molar-refractivity contribution in [3.8, 4) is 0 Å². The Labute approximate surface area is 103 Å². The van der Waals surface area contributed by atoms with E-state index in [-0.39, 0.29) is 22.8 Å². The highest BCUT2D eigenvalue weighted by atomic mass is 35.5. The maximum atomic E-state index is 12.3. The van der Waals surface area contributed by atoms with E-state index in [2.05, 4.69) is 19.2 Å². The van der Waals surface area contributed by atoms with Gasteiger partial charge in [0.05, 0.1) is 5.54 Å². The molecule has 2 rings (SSSR count). The Morgan fingerprint density at radius 2 is 2.00 bits per heavy atom. The molecule has 1 unspecified atom stereocenters. The predicted molar refractivity (Wildman–Crippen MR) is 66.6 cm³/mol. The number of alkyl halides is 1. The molecular formula is C13H22ClNO. The molecule has 2 aliphatic carbocycles. The number of halogens is 1. The fourth-order valence-corrected chi connectivity index (χ4v) is 3.39. The molecule has 1 amide bonds. The highest BCUT2D eigenvalue weighted by Gasteiger charge is 2.44. The van der Waals surface area contributed by atoms with Crippen molar-refractivity contribution in [2.45, 2.75) is 57.9 Å². The van der Waals surface area contributed by atoms with E-state index in [0.717, 1.165) is 19.3 Å². The van der Waals surface area contributed by atoms with E-state index in [0.29, 0.717) is 5.88 Å². The molecule has 1 atom stereocenters. The topological polar surface area (TPSA) is 29.1 Å². The molecule has 2 nitrogen and oxygen atoms in total. The fourth-order valence-electron chi connectivity index (χ4n) is 3.06. The van der Waals surface area contributed by atoms with Crippen molar-refractivity contribution in [2.75, 3.05) is 5.88 Å². The standard InChI is InChI=1S/C13H22ClNO/c1-12(2)6-3-5-10(12)11(16)15-13(9-14)7-4-8-13/h10H,3-9H2,1-2H3,(H,15,16). The van der Waals surface area contributed by atoms with E-state index in [9.17, 15) is 4.79 Å². The minimum atomic E-state index is -0.0721. The van der Waals surface area contributed by atoms with Crippen molar-refractivity contribution in [3.05, 3.63) is 0 Å². The summed E-state index contributed by atoms with van der Waals surface area (Å²) in [5.74, 6) is 0.988. The van der Waals surface area contributed by atoms with E-state index in [1.54, 1.807) is 0 Å². The normalized spacial score (nSPS) is 30.8. The Hall–Kier alpha value is -0.240. The van der Waals surface area contributed by atoms with Crippen molar-refractivity contribution in [2.24, 2.45) is 11.3 Å². The van der Waals surface area contributed by atoms with E-state index in [1.807, 2.05) is 0 Å². The van der Waals surface area contributed by atoms with Crippen LogP contribution in [0, 0.1) is 11.3 Å².